The molecule has 20 heavy (non-hydrogen) atoms. The Labute approximate surface area is 124 Å². The summed E-state index contributed by atoms with van der Waals surface area (Å²) in [6.07, 6.45) is -0.433. The Kier molecular flexibility index (Phi) is 4.93. The minimum atomic E-state index is -2.78. The smallest absolute Gasteiger partial charge is 0.262 e. The minimum absolute atomic E-state index is 0.377. The lowest BCUT2D eigenvalue weighted by molar-refractivity contribution is -0.123. The highest BCUT2D eigenvalue weighted by Gasteiger charge is 2.42. The Morgan fingerprint density at radius 2 is 2.25 bits per heavy atom. The molecule has 0 aromatic heterocycles. The van der Waals surface area contributed by atoms with Gasteiger partial charge >= 0.3 is 0 Å². The third kappa shape index (κ3) is 4.42. The zero-order valence-corrected chi connectivity index (χ0v) is 12.3. The van der Waals surface area contributed by atoms with Crippen LogP contribution in [0.2, 0.25) is 0 Å². The van der Waals surface area contributed by atoms with Gasteiger partial charge in [-0.2, -0.15) is 0 Å². The first kappa shape index (κ1) is 15.2. The quantitative estimate of drug-likeness (QED) is 0.714. The number of hydrogen-bond acceptors (Lipinski definition) is 3. The molecule has 0 radical (unpaired) electrons. The van der Waals surface area contributed by atoms with Crippen molar-refractivity contribution >= 4 is 27.5 Å². The molecule has 7 heteroatoms. The van der Waals surface area contributed by atoms with E-state index < -0.39 is 24.9 Å². The fourth-order valence-electron chi connectivity index (χ4n) is 2.02. The molecule has 1 atom stereocenters. The van der Waals surface area contributed by atoms with Crippen LogP contribution in [-0.4, -0.2) is 37.5 Å². The third-order valence-electron chi connectivity index (χ3n) is 3.00. The van der Waals surface area contributed by atoms with E-state index in [9.17, 15) is 13.6 Å². The number of amides is 1. The predicted molar refractivity (Wildman–Crippen MR) is 77.0 cm³/mol. The topological polar surface area (TPSA) is 53.2 Å². The molecule has 1 aromatic rings. The lowest BCUT2D eigenvalue weighted by Gasteiger charge is -2.12. The van der Waals surface area contributed by atoms with E-state index in [0.29, 0.717) is 13.1 Å². The van der Waals surface area contributed by atoms with Crippen LogP contribution in [0.1, 0.15) is 6.42 Å². The van der Waals surface area contributed by atoms with Crippen molar-refractivity contribution in [3.8, 4) is 0 Å². The maximum Gasteiger partial charge on any atom is 0.262 e. The van der Waals surface area contributed by atoms with Crippen LogP contribution >= 0.6 is 15.9 Å². The number of carbonyl (C=O) groups excluding carboxylic acids is 1. The molecule has 0 spiro atoms. The van der Waals surface area contributed by atoms with Gasteiger partial charge in [-0.3, -0.25) is 10.1 Å². The van der Waals surface area contributed by atoms with Crippen molar-refractivity contribution < 1.29 is 13.6 Å². The number of nitrogens with one attached hydrogen (secondary N) is 3. The minimum Gasteiger partial charge on any atom is -0.383 e. The average Bonchev–Trinajstić information content (AvgIpc) is 2.75. The van der Waals surface area contributed by atoms with Crippen LogP contribution < -0.4 is 16.0 Å². The lowest BCUT2D eigenvalue weighted by atomic mass is 10.2. The zero-order valence-electron chi connectivity index (χ0n) is 10.8. The number of hydrogen-bond donors (Lipinski definition) is 3. The first-order chi connectivity index (χ1) is 9.46. The SMILES string of the molecule is O=C(NCCNc1cccc(Br)c1)C1CC(F)(F)CN1. The van der Waals surface area contributed by atoms with Gasteiger partial charge in [0.2, 0.25) is 5.91 Å². The Morgan fingerprint density at radius 1 is 1.45 bits per heavy atom. The highest BCUT2D eigenvalue weighted by Crippen LogP contribution is 2.24. The Hall–Kier alpha value is -1.21. The summed E-state index contributed by atoms with van der Waals surface area (Å²) in [5.41, 5.74) is 0.930. The second kappa shape index (κ2) is 6.49. The van der Waals surface area contributed by atoms with Crippen LogP contribution in [0.4, 0.5) is 14.5 Å². The van der Waals surface area contributed by atoms with Crippen molar-refractivity contribution in [2.45, 2.75) is 18.4 Å². The molecule has 1 fully saturated rings. The van der Waals surface area contributed by atoms with Crippen molar-refractivity contribution in [2.24, 2.45) is 0 Å². The fraction of sp³-hybridized carbons (Fsp3) is 0.462. The highest BCUT2D eigenvalue weighted by molar-refractivity contribution is 9.10. The van der Waals surface area contributed by atoms with Crippen LogP contribution in [0.3, 0.4) is 0 Å². The zero-order chi connectivity index (χ0) is 14.6. The largest absolute Gasteiger partial charge is 0.383 e. The normalized spacial score (nSPS) is 20.6. The second-order valence-electron chi connectivity index (χ2n) is 4.72. The predicted octanol–water partition coefficient (Wildman–Crippen LogP) is 1.97. The number of rotatable bonds is 5. The van der Waals surface area contributed by atoms with Gasteiger partial charge in [-0.05, 0) is 18.2 Å². The molecule has 0 aliphatic carbocycles. The van der Waals surface area contributed by atoms with E-state index in [1.807, 2.05) is 24.3 Å². The fourth-order valence-corrected chi connectivity index (χ4v) is 2.41. The molecule has 1 aromatic carbocycles. The molecule has 1 heterocycles. The molecule has 2 rings (SSSR count). The van der Waals surface area contributed by atoms with Crippen LogP contribution in [0, 0.1) is 0 Å². The van der Waals surface area contributed by atoms with Crippen LogP contribution in [0.5, 0.6) is 0 Å². The summed E-state index contributed by atoms with van der Waals surface area (Å²) in [5.74, 6) is -3.16. The Bertz CT molecular complexity index is 484. The van der Waals surface area contributed by atoms with Gasteiger partial charge in [0, 0.05) is 29.7 Å². The van der Waals surface area contributed by atoms with Gasteiger partial charge in [0.25, 0.3) is 5.92 Å². The standard InChI is InChI=1S/C13H16BrF2N3O/c14-9-2-1-3-10(6-9)17-4-5-18-12(20)11-7-13(15,16)8-19-11/h1-3,6,11,17,19H,4-5,7-8H2,(H,18,20). The molecular formula is C13H16BrF2N3O. The van der Waals surface area contributed by atoms with Crippen molar-refractivity contribution in [3.05, 3.63) is 28.7 Å². The van der Waals surface area contributed by atoms with E-state index in [1.54, 1.807) is 0 Å². The van der Waals surface area contributed by atoms with Gasteiger partial charge in [-0.25, -0.2) is 8.78 Å². The number of alkyl halides is 2. The molecule has 1 aliphatic rings. The summed E-state index contributed by atoms with van der Waals surface area (Å²) in [7, 11) is 0. The van der Waals surface area contributed by atoms with Crippen molar-refractivity contribution in [3.63, 3.8) is 0 Å². The van der Waals surface area contributed by atoms with Gasteiger partial charge in [0.05, 0.1) is 12.6 Å². The molecule has 1 saturated heterocycles. The number of anilines is 1. The molecular weight excluding hydrogens is 332 g/mol. The molecule has 4 nitrogen and oxygen atoms in total. The van der Waals surface area contributed by atoms with E-state index in [4.69, 9.17) is 0 Å². The van der Waals surface area contributed by atoms with Crippen molar-refractivity contribution in [1.29, 1.82) is 0 Å². The summed E-state index contributed by atoms with van der Waals surface area (Å²) >= 11 is 3.36. The first-order valence-electron chi connectivity index (χ1n) is 6.35. The van der Waals surface area contributed by atoms with E-state index in [2.05, 4.69) is 31.9 Å². The first-order valence-corrected chi connectivity index (χ1v) is 7.14. The summed E-state index contributed by atoms with van der Waals surface area (Å²) in [5, 5.41) is 8.30. The maximum absolute atomic E-state index is 12.9. The lowest BCUT2D eigenvalue weighted by Crippen LogP contribution is -2.42. The van der Waals surface area contributed by atoms with E-state index in [-0.39, 0.29) is 5.91 Å². The summed E-state index contributed by atoms with van der Waals surface area (Å²) in [6, 6.07) is 6.84. The monoisotopic (exact) mass is 347 g/mol. The van der Waals surface area contributed by atoms with E-state index in [1.165, 1.54) is 0 Å². The van der Waals surface area contributed by atoms with Gasteiger partial charge < -0.3 is 10.6 Å². The van der Waals surface area contributed by atoms with Crippen LogP contribution in [0.25, 0.3) is 0 Å². The molecule has 1 aliphatic heterocycles. The van der Waals surface area contributed by atoms with Crippen LogP contribution in [-0.2, 0) is 4.79 Å². The summed E-state index contributed by atoms with van der Waals surface area (Å²) in [6.45, 7) is 0.488. The van der Waals surface area contributed by atoms with E-state index >= 15 is 0 Å². The highest BCUT2D eigenvalue weighted by atomic mass is 79.9. The van der Waals surface area contributed by atoms with Gasteiger partial charge in [-0.15, -0.1) is 0 Å². The maximum atomic E-state index is 12.9. The number of carbonyl (C=O) groups is 1. The number of halogens is 3. The summed E-state index contributed by atoms with van der Waals surface area (Å²) in [4.78, 5) is 11.7. The van der Waals surface area contributed by atoms with Gasteiger partial charge in [0.15, 0.2) is 0 Å². The van der Waals surface area contributed by atoms with E-state index in [0.717, 1.165) is 10.2 Å². The Morgan fingerprint density at radius 3 is 2.90 bits per heavy atom. The second-order valence-corrected chi connectivity index (χ2v) is 5.64. The molecule has 110 valence electrons. The summed E-state index contributed by atoms with van der Waals surface area (Å²) < 4.78 is 26.8. The van der Waals surface area contributed by atoms with Crippen molar-refractivity contribution in [2.75, 3.05) is 25.0 Å². The Balaban J connectivity index is 1.67. The van der Waals surface area contributed by atoms with Gasteiger partial charge in [-0.1, -0.05) is 22.0 Å². The molecule has 0 bridgehead atoms. The van der Waals surface area contributed by atoms with Crippen molar-refractivity contribution in [1.82, 2.24) is 10.6 Å². The third-order valence-corrected chi connectivity index (χ3v) is 3.50. The molecule has 0 saturated carbocycles. The number of benzene rings is 1. The molecule has 3 N–H and O–H groups in total. The average molecular weight is 348 g/mol. The van der Waals surface area contributed by atoms with Crippen LogP contribution in [0.15, 0.2) is 28.7 Å². The molecule has 1 amide bonds. The molecule has 1 unspecified atom stereocenters. The van der Waals surface area contributed by atoms with Gasteiger partial charge in [0.1, 0.15) is 0 Å².